The standard InChI is InChI=1S/C24H23ClFN5O2S/c25-18-10-16(1-2-19(18)26)33-12-15-9-21(32)17-5-8-28-23(22(17)30-15)20-13-34-24(31-20)29-11-14-3-6-27-7-4-14/h1-2,5,8,10,13-14,27H,3-4,6-7,9,11-12H2,(H,29,31). The van der Waals surface area contributed by atoms with Crippen LogP contribution in [-0.4, -0.2) is 47.7 Å². The van der Waals surface area contributed by atoms with Gasteiger partial charge in [-0.05, 0) is 50.0 Å². The van der Waals surface area contributed by atoms with Crippen molar-refractivity contribution in [2.75, 3.05) is 31.6 Å². The molecule has 2 N–H and O–H groups in total. The number of carbonyl (C=O) groups is 1. The first-order valence-corrected chi connectivity index (χ1v) is 12.4. The van der Waals surface area contributed by atoms with E-state index in [0.717, 1.165) is 37.6 Å². The van der Waals surface area contributed by atoms with Crippen molar-refractivity contribution in [3.63, 3.8) is 0 Å². The van der Waals surface area contributed by atoms with E-state index in [2.05, 4.69) is 15.6 Å². The SMILES string of the molecule is O=C1CC(COc2ccc(F)c(Cl)c2)=Nc2c1ccnc2-c1csc(NCC2CCNCC2)n1. The second-order valence-electron chi connectivity index (χ2n) is 8.31. The van der Waals surface area contributed by atoms with Gasteiger partial charge in [-0.15, -0.1) is 11.3 Å². The number of carbonyl (C=O) groups excluding carboxylic acids is 1. The summed E-state index contributed by atoms with van der Waals surface area (Å²) < 4.78 is 19.1. The molecule has 7 nitrogen and oxygen atoms in total. The molecule has 1 saturated heterocycles. The van der Waals surface area contributed by atoms with Gasteiger partial charge in [-0.1, -0.05) is 11.6 Å². The second kappa shape index (κ2) is 10.2. The summed E-state index contributed by atoms with van der Waals surface area (Å²) in [6.45, 7) is 3.09. The lowest BCUT2D eigenvalue weighted by atomic mass is 9.98. The van der Waals surface area contributed by atoms with Crippen molar-refractivity contribution in [2.45, 2.75) is 19.3 Å². The predicted octanol–water partition coefficient (Wildman–Crippen LogP) is 5.15. The number of nitrogens with one attached hydrogen (secondary N) is 2. The summed E-state index contributed by atoms with van der Waals surface area (Å²) in [6.07, 6.45) is 4.08. The topological polar surface area (TPSA) is 88.5 Å². The van der Waals surface area contributed by atoms with Gasteiger partial charge in [-0.2, -0.15) is 0 Å². The molecular weight excluding hydrogens is 477 g/mol. The molecule has 3 aromatic rings. The maximum atomic E-state index is 13.4. The number of Topliss-reactive ketones (excluding diaryl/α,β-unsaturated/α-hetero) is 1. The molecule has 0 aliphatic carbocycles. The number of halogens is 2. The first-order valence-electron chi connectivity index (χ1n) is 11.1. The number of aromatic nitrogens is 2. The molecule has 2 aliphatic heterocycles. The zero-order valence-electron chi connectivity index (χ0n) is 18.3. The Morgan fingerprint density at radius 2 is 2.12 bits per heavy atom. The lowest BCUT2D eigenvalue weighted by molar-refractivity contribution is 0.0998. The number of thiazole rings is 1. The molecule has 34 heavy (non-hydrogen) atoms. The van der Waals surface area contributed by atoms with Gasteiger partial charge in [0, 0.05) is 29.8 Å². The Morgan fingerprint density at radius 1 is 1.26 bits per heavy atom. The molecule has 0 atom stereocenters. The first kappa shape index (κ1) is 22.9. The summed E-state index contributed by atoms with van der Waals surface area (Å²) in [7, 11) is 0. The van der Waals surface area contributed by atoms with Crippen LogP contribution in [0.3, 0.4) is 0 Å². The van der Waals surface area contributed by atoms with E-state index in [1.165, 1.54) is 29.5 Å². The lowest BCUT2D eigenvalue weighted by Crippen LogP contribution is -2.31. The number of nitrogens with zero attached hydrogens (tertiary/aromatic N) is 3. The summed E-state index contributed by atoms with van der Waals surface area (Å²) in [6, 6.07) is 5.81. The van der Waals surface area contributed by atoms with Gasteiger partial charge in [0.05, 0.1) is 17.2 Å². The van der Waals surface area contributed by atoms with Crippen LogP contribution >= 0.6 is 22.9 Å². The molecule has 5 rings (SSSR count). The van der Waals surface area contributed by atoms with Crippen LogP contribution in [0.4, 0.5) is 15.2 Å². The fourth-order valence-electron chi connectivity index (χ4n) is 4.06. The second-order valence-corrected chi connectivity index (χ2v) is 9.58. The molecule has 1 fully saturated rings. The highest BCUT2D eigenvalue weighted by molar-refractivity contribution is 7.14. The largest absolute Gasteiger partial charge is 0.488 e. The minimum atomic E-state index is -0.517. The number of fused-ring (bicyclic) bond motifs is 1. The molecule has 0 bridgehead atoms. The first-order chi connectivity index (χ1) is 16.6. The van der Waals surface area contributed by atoms with Gasteiger partial charge < -0.3 is 15.4 Å². The number of rotatable bonds is 7. The molecule has 4 heterocycles. The van der Waals surface area contributed by atoms with Crippen molar-refractivity contribution in [2.24, 2.45) is 10.9 Å². The number of hydrogen-bond donors (Lipinski definition) is 2. The van der Waals surface area contributed by atoms with Gasteiger partial charge >= 0.3 is 0 Å². The van der Waals surface area contributed by atoms with Crippen LogP contribution in [0.5, 0.6) is 5.75 Å². The molecule has 0 spiro atoms. The van der Waals surface area contributed by atoms with E-state index >= 15 is 0 Å². The molecule has 0 unspecified atom stereocenters. The third-order valence-corrected chi connectivity index (χ3v) is 6.99. The number of benzene rings is 1. The summed E-state index contributed by atoms with van der Waals surface area (Å²) in [5, 5.41) is 9.55. The summed E-state index contributed by atoms with van der Waals surface area (Å²) in [4.78, 5) is 26.7. The highest BCUT2D eigenvalue weighted by Gasteiger charge is 2.25. The van der Waals surface area contributed by atoms with Gasteiger partial charge in [-0.25, -0.2) is 9.37 Å². The summed E-state index contributed by atoms with van der Waals surface area (Å²) in [5.41, 5.74) is 2.84. The average molecular weight is 500 g/mol. The van der Waals surface area contributed by atoms with E-state index in [1.807, 2.05) is 5.38 Å². The van der Waals surface area contributed by atoms with Crippen molar-refractivity contribution in [3.8, 4) is 17.1 Å². The zero-order chi connectivity index (χ0) is 23.5. The highest BCUT2D eigenvalue weighted by Crippen LogP contribution is 2.36. The fourth-order valence-corrected chi connectivity index (χ4v) is 4.93. The number of aliphatic imine (C=N–C) groups is 1. The van der Waals surface area contributed by atoms with Crippen LogP contribution in [0.2, 0.25) is 5.02 Å². The normalized spacial score (nSPS) is 16.2. The minimum Gasteiger partial charge on any atom is -0.488 e. The number of hydrogen-bond acceptors (Lipinski definition) is 8. The number of anilines is 1. The third kappa shape index (κ3) is 5.11. The number of ether oxygens (including phenoxy) is 1. The molecular formula is C24H23ClFN5O2S. The summed E-state index contributed by atoms with van der Waals surface area (Å²) in [5.74, 6) is 0.472. The zero-order valence-corrected chi connectivity index (χ0v) is 19.9. The Balaban J connectivity index is 1.33. The van der Waals surface area contributed by atoms with Gasteiger partial charge in [-0.3, -0.25) is 14.8 Å². The van der Waals surface area contributed by atoms with Gasteiger partial charge in [0.2, 0.25) is 0 Å². The van der Waals surface area contributed by atoms with Crippen molar-refractivity contribution >= 4 is 45.3 Å². The van der Waals surface area contributed by atoms with Crippen LogP contribution in [-0.2, 0) is 0 Å². The van der Waals surface area contributed by atoms with Crippen molar-refractivity contribution in [3.05, 3.63) is 52.2 Å². The van der Waals surface area contributed by atoms with E-state index in [4.69, 9.17) is 26.3 Å². The minimum absolute atomic E-state index is 0.0240. The van der Waals surface area contributed by atoms with Crippen molar-refractivity contribution in [1.82, 2.24) is 15.3 Å². The molecule has 176 valence electrons. The van der Waals surface area contributed by atoms with E-state index < -0.39 is 5.82 Å². The van der Waals surface area contributed by atoms with Gasteiger partial charge in [0.1, 0.15) is 35.2 Å². The Labute approximate surface area is 205 Å². The van der Waals surface area contributed by atoms with Crippen LogP contribution in [0.15, 0.2) is 40.8 Å². The maximum absolute atomic E-state index is 13.4. The van der Waals surface area contributed by atoms with Crippen molar-refractivity contribution < 1.29 is 13.9 Å². The number of pyridine rings is 1. The highest BCUT2D eigenvalue weighted by atomic mass is 35.5. The van der Waals surface area contributed by atoms with Crippen LogP contribution in [0.25, 0.3) is 11.4 Å². The van der Waals surface area contributed by atoms with E-state index in [-0.39, 0.29) is 23.8 Å². The number of ketones is 1. The third-order valence-electron chi connectivity index (χ3n) is 5.90. The predicted molar refractivity (Wildman–Crippen MR) is 132 cm³/mol. The van der Waals surface area contributed by atoms with E-state index in [9.17, 15) is 9.18 Å². The Morgan fingerprint density at radius 3 is 2.94 bits per heavy atom. The average Bonchev–Trinajstić information content (AvgIpc) is 3.33. The molecule has 10 heteroatoms. The monoisotopic (exact) mass is 499 g/mol. The Hall–Kier alpha value is -2.88. The number of piperidine rings is 1. The Kier molecular flexibility index (Phi) is 6.85. The summed E-state index contributed by atoms with van der Waals surface area (Å²) >= 11 is 7.34. The molecule has 1 aromatic carbocycles. The lowest BCUT2D eigenvalue weighted by Gasteiger charge is -2.22. The van der Waals surface area contributed by atoms with Crippen LogP contribution in [0, 0.1) is 11.7 Å². The van der Waals surface area contributed by atoms with Crippen LogP contribution < -0.4 is 15.4 Å². The molecule has 0 saturated carbocycles. The van der Waals surface area contributed by atoms with Crippen LogP contribution in [0.1, 0.15) is 29.6 Å². The fraction of sp³-hybridized carbons (Fsp3) is 0.333. The molecule has 0 radical (unpaired) electrons. The maximum Gasteiger partial charge on any atom is 0.183 e. The molecule has 0 amide bonds. The van der Waals surface area contributed by atoms with Gasteiger partial charge in [0.15, 0.2) is 10.9 Å². The smallest absolute Gasteiger partial charge is 0.183 e. The van der Waals surface area contributed by atoms with E-state index in [0.29, 0.717) is 40.0 Å². The quantitative estimate of drug-likeness (QED) is 0.467. The van der Waals surface area contributed by atoms with Gasteiger partial charge in [0.25, 0.3) is 0 Å². The van der Waals surface area contributed by atoms with Crippen molar-refractivity contribution in [1.29, 1.82) is 0 Å². The van der Waals surface area contributed by atoms with E-state index in [1.54, 1.807) is 12.3 Å². The molecule has 2 aliphatic rings. The molecule has 2 aromatic heterocycles. The Bertz CT molecular complexity index is 1240.